The zero-order chi connectivity index (χ0) is 21.6. The largest absolute Gasteiger partial charge is 0.455 e. The van der Waals surface area contributed by atoms with E-state index in [1.54, 1.807) is 12.1 Å². The molecule has 0 saturated carbocycles. The van der Waals surface area contributed by atoms with Crippen molar-refractivity contribution in [2.24, 2.45) is 5.92 Å². The van der Waals surface area contributed by atoms with Gasteiger partial charge in [0.05, 0.1) is 5.92 Å². The molecule has 7 nitrogen and oxygen atoms in total. The highest BCUT2D eigenvalue weighted by atomic mass is 19.1. The maximum Gasteiger partial charge on any atom is 0.309 e. The van der Waals surface area contributed by atoms with Gasteiger partial charge in [-0.05, 0) is 49.1 Å². The maximum atomic E-state index is 12.9. The molecule has 1 aromatic heterocycles. The van der Waals surface area contributed by atoms with Crippen molar-refractivity contribution in [3.63, 3.8) is 0 Å². The van der Waals surface area contributed by atoms with Crippen molar-refractivity contribution < 1.29 is 23.1 Å². The summed E-state index contributed by atoms with van der Waals surface area (Å²) in [5, 5.41) is 2.71. The van der Waals surface area contributed by atoms with E-state index < -0.39 is 0 Å². The molecule has 3 aromatic rings. The Morgan fingerprint density at radius 1 is 1.13 bits per heavy atom. The number of fused-ring (bicyclic) bond motifs is 1. The number of oxazole rings is 1. The standard InChI is InChI=1S/C23H24FN3O4/c24-18-7-5-16(6-8-18)9-12-25-21(28)15-30-22(29)17-10-13-27(14-11-17)23-26-19-3-1-2-4-20(19)31-23/h1-8,17H,9-15H2,(H,25,28). The second-order valence-corrected chi connectivity index (χ2v) is 7.56. The number of benzene rings is 2. The molecule has 0 bridgehead atoms. The van der Waals surface area contributed by atoms with Gasteiger partial charge in [-0.3, -0.25) is 9.59 Å². The fourth-order valence-electron chi connectivity index (χ4n) is 3.60. The van der Waals surface area contributed by atoms with Crippen LogP contribution in [0.25, 0.3) is 11.1 Å². The van der Waals surface area contributed by atoms with Crippen molar-refractivity contribution >= 4 is 29.0 Å². The number of halogens is 1. The van der Waals surface area contributed by atoms with Gasteiger partial charge in [0.15, 0.2) is 12.2 Å². The van der Waals surface area contributed by atoms with E-state index in [1.807, 2.05) is 29.2 Å². The Kier molecular flexibility index (Phi) is 6.45. The molecular weight excluding hydrogens is 401 g/mol. The quantitative estimate of drug-likeness (QED) is 0.586. The minimum absolute atomic E-state index is 0.243. The summed E-state index contributed by atoms with van der Waals surface area (Å²) in [7, 11) is 0. The second kappa shape index (κ2) is 9.59. The smallest absolute Gasteiger partial charge is 0.309 e. The zero-order valence-electron chi connectivity index (χ0n) is 17.1. The van der Waals surface area contributed by atoms with Gasteiger partial charge in [-0.15, -0.1) is 0 Å². The molecule has 1 saturated heterocycles. The van der Waals surface area contributed by atoms with Crippen LogP contribution in [0.4, 0.5) is 10.4 Å². The number of ether oxygens (including phenoxy) is 1. The molecule has 0 atom stereocenters. The number of piperidine rings is 1. The number of esters is 1. The molecule has 1 amide bonds. The van der Waals surface area contributed by atoms with Crippen LogP contribution in [-0.2, 0) is 20.7 Å². The van der Waals surface area contributed by atoms with E-state index in [2.05, 4.69) is 10.3 Å². The molecule has 0 unspecified atom stereocenters. The molecule has 1 N–H and O–H groups in total. The van der Waals surface area contributed by atoms with Crippen LogP contribution >= 0.6 is 0 Å². The Labute approximate surface area is 179 Å². The topological polar surface area (TPSA) is 84.7 Å². The number of carbonyl (C=O) groups excluding carboxylic acids is 2. The Hall–Kier alpha value is -3.42. The number of anilines is 1. The highest BCUT2D eigenvalue weighted by Crippen LogP contribution is 2.26. The molecule has 4 rings (SSSR count). The Balaban J connectivity index is 1.16. The molecule has 1 aliphatic heterocycles. The van der Waals surface area contributed by atoms with E-state index in [1.165, 1.54) is 12.1 Å². The number of hydrogen-bond acceptors (Lipinski definition) is 6. The average molecular weight is 425 g/mol. The number of aromatic nitrogens is 1. The van der Waals surface area contributed by atoms with E-state index in [-0.39, 0.29) is 30.2 Å². The van der Waals surface area contributed by atoms with Gasteiger partial charge in [0, 0.05) is 19.6 Å². The van der Waals surface area contributed by atoms with E-state index in [4.69, 9.17) is 9.15 Å². The molecule has 2 aromatic carbocycles. The number of nitrogens with zero attached hydrogens (tertiary/aromatic N) is 2. The summed E-state index contributed by atoms with van der Waals surface area (Å²) in [4.78, 5) is 30.8. The third kappa shape index (κ3) is 5.39. The zero-order valence-corrected chi connectivity index (χ0v) is 17.1. The van der Waals surface area contributed by atoms with Gasteiger partial charge < -0.3 is 19.4 Å². The second-order valence-electron chi connectivity index (χ2n) is 7.56. The first kappa shape index (κ1) is 20.8. The van der Waals surface area contributed by atoms with Gasteiger partial charge in [0.25, 0.3) is 11.9 Å². The van der Waals surface area contributed by atoms with Gasteiger partial charge in [0.2, 0.25) is 0 Å². The SMILES string of the molecule is O=C(COC(=O)C1CCN(c2nc3ccccc3o2)CC1)NCCc1ccc(F)cc1. The average Bonchev–Trinajstić information content (AvgIpc) is 3.23. The fraction of sp³-hybridized carbons (Fsp3) is 0.348. The lowest BCUT2D eigenvalue weighted by molar-refractivity contribution is -0.153. The maximum absolute atomic E-state index is 12.9. The third-order valence-corrected chi connectivity index (χ3v) is 5.38. The van der Waals surface area contributed by atoms with Crippen LogP contribution in [0.2, 0.25) is 0 Å². The van der Waals surface area contributed by atoms with Gasteiger partial charge >= 0.3 is 5.97 Å². The van der Waals surface area contributed by atoms with E-state index in [0.29, 0.717) is 44.9 Å². The predicted octanol–water partition coefficient (Wildman–Crippen LogP) is 3.09. The van der Waals surface area contributed by atoms with Gasteiger partial charge in [0.1, 0.15) is 11.3 Å². The summed E-state index contributed by atoms with van der Waals surface area (Å²) >= 11 is 0. The van der Waals surface area contributed by atoms with Crippen LogP contribution in [0.1, 0.15) is 18.4 Å². The lowest BCUT2D eigenvalue weighted by Crippen LogP contribution is -2.38. The van der Waals surface area contributed by atoms with Gasteiger partial charge in [-0.2, -0.15) is 4.98 Å². The lowest BCUT2D eigenvalue weighted by Gasteiger charge is -2.29. The number of para-hydroxylation sites is 2. The van der Waals surface area contributed by atoms with E-state index in [9.17, 15) is 14.0 Å². The van der Waals surface area contributed by atoms with Crippen LogP contribution in [0, 0.1) is 11.7 Å². The summed E-state index contributed by atoms with van der Waals surface area (Å²) in [6.45, 7) is 1.37. The first-order valence-corrected chi connectivity index (χ1v) is 10.4. The first-order valence-electron chi connectivity index (χ1n) is 10.4. The van der Waals surface area contributed by atoms with Crippen LogP contribution in [-0.4, -0.2) is 43.1 Å². The Morgan fingerprint density at radius 3 is 2.61 bits per heavy atom. The van der Waals surface area contributed by atoms with Crippen LogP contribution in [0.15, 0.2) is 52.9 Å². The molecule has 1 fully saturated rings. The summed E-state index contributed by atoms with van der Waals surface area (Å²) in [5.41, 5.74) is 2.47. The predicted molar refractivity (Wildman–Crippen MR) is 113 cm³/mol. The summed E-state index contributed by atoms with van der Waals surface area (Å²) in [6.07, 6.45) is 1.81. The van der Waals surface area contributed by atoms with Crippen molar-refractivity contribution in [3.8, 4) is 0 Å². The van der Waals surface area contributed by atoms with Crippen molar-refractivity contribution in [2.45, 2.75) is 19.3 Å². The Morgan fingerprint density at radius 2 is 1.87 bits per heavy atom. The summed E-state index contributed by atoms with van der Waals surface area (Å²) < 4.78 is 23.9. The number of nitrogens with one attached hydrogen (secondary N) is 1. The van der Waals surface area contributed by atoms with Crippen LogP contribution < -0.4 is 10.2 Å². The van der Waals surface area contributed by atoms with Crippen molar-refractivity contribution in [3.05, 3.63) is 59.9 Å². The number of carbonyl (C=O) groups is 2. The van der Waals surface area contributed by atoms with Crippen LogP contribution in [0.5, 0.6) is 0 Å². The molecule has 1 aliphatic rings. The monoisotopic (exact) mass is 425 g/mol. The molecule has 2 heterocycles. The van der Waals surface area contributed by atoms with Crippen LogP contribution in [0.3, 0.4) is 0 Å². The number of rotatable bonds is 7. The minimum Gasteiger partial charge on any atom is -0.455 e. The molecule has 0 spiro atoms. The third-order valence-electron chi connectivity index (χ3n) is 5.38. The summed E-state index contributed by atoms with van der Waals surface area (Å²) in [5.74, 6) is -1.24. The molecular formula is C23H24FN3O4. The van der Waals surface area contributed by atoms with Crippen molar-refractivity contribution in [2.75, 3.05) is 31.1 Å². The summed E-state index contributed by atoms with van der Waals surface area (Å²) in [6, 6.07) is 14.3. The van der Waals surface area contributed by atoms with Gasteiger partial charge in [-0.1, -0.05) is 24.3 Å². The molecule has 0 radical (unpaired) electrons. The molecule has 31 heavy (non-hydrogen) atoms. The van der Waals surface area contributed by atoms with Crippen molar-refractivity contribution in [1.29, 1.82) is 0 Å². The van der Waals surface area contributed by atoms with E-state index >= 15 is 0 Å². The molecule has 8 heteroatoms. The first-order chi connectivity index (χ1) is 15.1. The number of amides is 1. The Bertz CT molecular complexity index is 1010. The van der Waals surface area contributed by atoms with E-state index in [0.717, 1.165) is 16.7 Å². The van der Waals surface area contributed by atoms with Crippen molar-refractivity contribution in [1.82, 2.24) is 10.3 Å². The fourth-order valence-corrected chi connectivity index (χ4v) is 3.60. The molecule has 162 valence electrons. The molecule has 0 aliphatic carbocycles. The highest BCUT2D eigenvalue weighted by molar-refractivity contribution is 5.81. The van der Waals surface area contributed by atoms with Gasteiger partial charge in [-0.25, -0.2) is 4.39 Å². The number of hydrogen-bond donors (Lipinski definition) is 1. The lowest BCUT2D eigenvalue weighted by atomic mass is 9.97. The highest BCUT2D eigenvalue weighted by Gasteiger charge is 2.28. The normalized spacial score (nSPS) is 14.5. The minimum atomic E-state index is -0.356.